The second-order valence-electron chi connectivity index (χ2n) is 7.50. The van der Waals surface area contributed by atoms with Gasteiger partial charge in [-0.2, -0.15) is 0 Å². The summed E-state index contributed by atoms with van der Waals surface area (Å²) in [5.41, 5.74) is 3.59. The first-order valence-electron chi connectivity index (χ1n) is 9.27. The third kappa shape index (κ3) is 2.70. The molecule has 0 aromatic heterocycles. The SMILES string of the molecule is Cc1cc(O)c(C(C)C)cc1C1(c2ccc(Cl)cc2)OC(=O)c2ccccc21. The molecule has 4 heteroatoms. The Balaban J connectivity index is 2.09. The number of phenols is 1. The average Bonchev–Trinajstić information content (AvgIpc) is 2.96. The van der Waals surface area contributed by atoms with Crippen LogP contribution in [-0.2, 0) is 10.3 Å². The summed E-state index contributed by atoms with van der Waals surface area (Å²) in [6, 6.07) is 18.5. The number of benzene rings is 3. The van der Waals surface area contributed by atoms with E-state index in [2.05, 4.69) is 0 Å². The molecular formula is C24H21ClO3. The molecule has 3 aromatic rings. The molecule has 0 bridgehead atoms. The smallest absolute Gasteiger partial charge is 0.340 e. The Hall–Kier alpha value is -2.78. The molecule has 1 aliphatic heterocycles. The number of hydrogen-bond acceptors (Lipinski definition) is 3. The fourth-order valence-corrected chi connectivity index (χ4v) is 4.15. The number of aryl methyl sites for hydroxylation is 1. The molecule has 0 radical (unpaired) electrons. The van der Waals surface area contributed by atoms with E-state index < -0.39 is 5.60 Å². The minimum atomic E-state index is -1.08. The molecule has 0 aliphatic carbocycles. The van der Waals surface area contributed by atoms with Crippen LogP contribution in [0.1, 0.15) is 57.9 Å². The van der Waals surface area contributed by atoms with Gasteiger partial charge >= 0.3 is 5.97 Å². The van der Waals surface area contributed by atoms with Crippen LogP contribution in [0.25, 0.3) is 0 Å². The van der Waals surface area contributed by atoms with Crippen LogP contribution in [0.5, 0.6) is 5.75 Å². The zero-order chi connectivity index (χ0) is 20.1. The van der Waals surface area contributed by atoms with Gasteiger partial charge in [-0.15, -0.1) is 0 Å². The standard InChI is InChI=1S/C24H21ClO3/c1-14(2)19-13-21(15(3)12-22(19)26)24(16-8-10-17(25)11-9-16)20-7-5-4-6-18(20)23(27)28-24/h4-14,26H,1-3H3. The predicted octanol–water partition coefficient (Wildman–Crippen LogP) is 5.94. The predicted molar refractivity (Wildman–Crippen MR) is 110 cm³/mol. The van der Waals surface area contributed by atoms with Crippen molar-refractivity contribution in [1.29, 1.82) is 0 Å². The van der Waals surface area contributed by atoms with Crippen molar-refractivity contribution in [3.63, 3.8) is 0 Å². The molecule has 1 N–H and O–H groups in total. The first-order valence-corrected chi connectivity index (χ1v) is 9.65. The third-order valence-electron chi connectivity index (χ3n) is 5.40. The minimum Gasteiger partial charge on any atom is -0.508 e. The number of hydrogen-bond donors (Lipinski definition) is 1. The molecule has 0 amide bonds. The Bertz CT molecular complexity index is 1070. The number of halogens is 1. The summed E-state index contributed by atoms with van der Waals surface area (Å²) in [5.74, 6) is 0.0122. The van der Waals surface area contributed by atoms with Crippen LogP contribution < -0.4 is 0 Å². The average molecular weight is 393 g/mol. The van der Waals surface area contributed by atoms with E-state index in [1.54, 1.807) is 24.3 Å². The number of phenolic OH excluding ortho intramolecular Hbond substituents is 1. The number of fused-ring (bicyclic) bond motifs is 1. The van der Waals surface area contributed by atoms with E-state index in [1.807, 2.05) is 57.2 Å². The molecule has 28 heavy (non-hydrogen) atoms. The lowest BCUT2D eigenvalue weighted by Gasteiger charge is -2.32. The highest BCUT2D eigenvalue weighted by molar-refractivity contribution is 6.30. The quantitative estimate of drug-likeness (QED) is 0.561. The second-order valence-corrected chi connectivity index (χ2v) is 7.94. The zero-order valence-electron chi connectivity index (χ0n) is 16.0. The van der Waals surface area contributed by atoms with E-state index in [0.717, 1.165) is 27.8 Å². The highest BCUT2D eigenvalue weighted by Gasteiger charge is 2.49. The minimum absolute atomic E-state index is 0.119. The molecular weight excluding hydrogens is 372 g/mol. The lowest BCUT2D eigenvalue weighted by Crippen LogP contribution is -2.30. The molecule has 0 fully saturated rings. The number of carbonyl (C=O) groups is 1. The van der Waals surface area contributed by atoms with Crippen molar-refractivity contribution in [2.24, 2.45) is 0 Å². The highest BCUT2D eigenvalue weighted by Crippen LogP contribution is 2.49. The van der Waals surface area contributed by atoms with E-state index in [-0.39, 0.29) is 17.6 Å². The van der Waals surface area contributed by atoms with Crippen molar-refractivity contribution >= 4 is 17.6 Å². The lowest BCUT2D eigenvalue weighted by molar-refractivity contribution is 0.0249. The largest absolute Gasteiger partial charge is 0.508 e. The van der Waals surface area contributed by atoms with Crippen LogP contribution in [0.3, 0.4) is 0 Å². The molecule has 3 nitrogen and oxygen atoms in total. The van der Waals surface area contributed by atoms with Crippen LogP contribution in [0.2, 0.25) is 5.02 Å². The van der Waals surface area contributed by atoms with Gasteiger partial charge in [0.15, 0.2) is 5.60 Å². The van der Waals surface area contributed by atoms with E-state index in [1.165, 1.54) is 0 Å². The first kappa shape index (κ1) is 18.6. The molecule has 1 heterocycles. The van der Waals surface area contributed by atoms with Gasteiger partial charge < -0.3 is 9.84 Å². The topological polar surface area (TPSA) is 46.5 Å². The molecule has 142 valence electrons. The Morgan fingerprint density at radius 3 is 2.36 bits per heavy atom. The molecule has 3 aromatic carbocycles. The van der Waals surface area contributed by atoms with Gasteiger partial charge in [0.1, 0.15) is 5.75 Å². The van der Waals surface area contributed by atoms with E-state index in [0.29, 0.717) is 10.6 Å². The molecule has 1 atom stereocenters. The number of carbonyl (C=O) groups excluding carboxylic acids is 1. The summed E-state index contributed by atoms with van der Waals surface area (Å²) in [4.78, 5) is 12.8. The monoisotopic (exact) mass is 392 g/mol. The van der Waals surface area contributed by atoms with Gasteiger partial charge in [-0.25, -0.2) is 4.79 Å². The van der Waals surface area contributed by atoms with Crippen molar-refractivity contribution in [2.75, 3.05) is 0 Å². The van der Waals surface area contributed by atoms with Crippen molar-refractivity contribution in [3.05, 3.63) is 99.1 Å². The fourth-order valence-electron chi connectivity index (χ4n) is 4.02. The molecule has 0 spiro atoms. The van der Waals surface area contributed by atoms with Gasteiger partial charge in [0.2, 0.25) is 0 Å². The number of esters is 1. The van der Waals surface area contributed by atoms with E-state index in [9.17, 15) is 9.90 Å². The number of rotatable bonds is 3. The molecule has 1 aliphatic rings. The number of cyclic esters (lactones) is 1. The molecule has 0 saturated carbocycles. The summed E-state index contributed by atoms with van der Waals surface area (Å²) < 4.78 is 6.12. The van der Waals surface area contributed by atoms with Crippen LogP contribution in [0.4, 0.5) is 0 Å². The van der Waals surface area contributed by atoms with Gasteiger partial charge in [-0.3, -0.25) is 0 Å². The van der Waals surface area contributed by atoms with E-state index in [4.69, 9.17) is 16.3 Å². The Morgan fingerprint density at radius 1 is 1.00 bits per heavy atom. The van der Waals surface area contributed by atoms with Crippen molar-refractivity contribution < 1.29 is 14.6 Å². The molecule has 4 rings (SSSR count). The van der Waals surface area contributed by atoms with Gasteiger partial charge in [0, 0.05) is 21.7 Å². The van der Waals surface area contributed by atoms with Gasteiger partial charge in [0.25, 0.3) is 0 Å². The van der Waals surface area contributed by atoms with Gasteiger partial charge in [-0.1, -0.05) is 55.8 Å². The summed E-state index contributed by atoms with van der Waals surface area (Å²) in [5, 5.41) is 11.1. The fraction of sp³-hybridized carbons (Fsp3) is 0.208. The normalized spacial score (nSPS) is 18.2. The summed E-state index contributed by atoms with van der Waals surface area (Å²) in [7, 11) is 0. The summed E-state index contributed by atoms with van der Waals surface area (Å²) in [6.07, 6.45) is 0. The summed E-state index contributed by atoms with van der Waals surface area (Å²) in [6.45, 7) is 5.97. The van der Waals surface area contributed by atoms with Crippen molar-refractivity contribution in [2.45, 2.75) is 32.3 Å². The third-order valence-corrected chi connectivity index (χ3v) is 5.65. The van der Waals surface area contributed by atoms with Crippen molar-refractivity contribution in [1.82, 2.24) is 0 Å². The van der Waals surface area contributed by atoms with Crippen molar-refractivity contribution in [3.8, 4) is 5.75 Å². The lowest BCUT2D eigenvalue weighted by atomic mass is 9.77. The molecule has 0 saturated heterocycles. The van der Waals surface area contributed by atoms with Crippen LogP contribution in [0, 0.1) is 6.92 Å². The second kappa shape index (κ2) is 6.68. The van der Waals surface area contributed by atoms with Gasteiger partial charge in [-0.05, 0) is 54.3 Å². The number of ether oxygens (including phenoxy) is 1. The molecule has 1 unspecified atom stereocenters. The van der Waals surface area contributed by atoms with Gasteiger partial charge in [0.05, 0.1) is 5.56 Å². The Labute approximate surface area is 169 Å². The summed E-state index contributed by atoms with van der Waals surface area (Å²) >= 11 is 6.12. The van der Waals surface area contributed by atoms with Crippen LogP contribution >= 0.6 is 11.6 Å². The Morgan fingerprint density at radius 2 is 1.68 bits per heavy atom. The Kier molecular flexibility index (Phi) is 4.43. The van der Waals surface area contributed by atoms with Crippen LogP contribution in [-0.4, -0.2) is 11.1 Å². The van der Waals surface area contributed by atoms with E-state index >= 15 is 0 Å². The maximum Gasteiger partial charge on any atom is 0.340 e. The highest BCUT2D eigenvalue weighted by atomic mass is 35.5. The maximum atomic E-state index is 12.8. The zero-order valence-corrected chi connectivity index (χ0v) is 16.7. The number of aromatic hydroxyl groups is 1. The maximum absolute atomic E-state index is 12.8. The van der Waals surface area contributed by atoms with Crippen LogP contribution in [0.15, 0.2) is 60.7 Å². The first-order chi connectivity index (χ1) is 13.3.